The summed E-state index contributed by atoms with van der Waals surface area (Å²) in [5.41, 5.74) is 11.6. The molecule has 3 saturated heterocycles. The second-order valence-corrected chi connectivity index (χ2v) is 18.3. The molecule has 3 fully saturated rings. The lowest BCUT2D eigenvalue weighted by Crippen LogP contribution is -2.50. The lowest BCUT2D eigenvalue weighted by Gasteiger charge is -2.35. The van der Waals surface area contributed by atoms with Gasteiger partial charge in [0.25, 0.3) is 5.91 Å². The Morgan fingerprint density at radius 3 is 2.29 bits per heavy atom. The number of fused-ring (bicyclic) bond motifs is 2. The third-order valence-electron chi connectivity index (χ3n) is 12.5. The molecule has 5 aromatic rings. The van der Waals surface area contributed by atoms with Gasteiger partial charge in [0.2, 0.25) is 11.9 Å². The van der Waals surface area contributed by atoms with Gasteiger partial charge >= 0.3 is 0 Å². The Labute approximate surface area is 365 Å². The van der Waals surface area contributed by atoms with E-state index in [9.17, 15) is 19.8 Å². The van der Waals surface area contributed by atoms with Crippen molar-refractivity contribution in [3.8, 4) is 22.9 Å². The number of carbonyl (C=O) groups excluding carboxylic acids is 2. The second kappa shape index (κ2) is 18.1. The van der Waals surface area contributed by atoms with E-state index in [0.29, 0.717) is 50.8 Å². The highest BCUT2D eigenvalue weighted by molar-refractivity contribution is 7.19. The summed E-state index contributed by atoms with van der Waals surface area (Å²) in [5, 5.41) is 20.8. The summed E-state index contributed by atoms with van der Waals surface area (Å²) in [7, 11) is 0. The van der Waals surface area contributed by atoms with Gasteiger partial charge < -0.3 is 35.4 Å². The normalized spacial score (nSPS) is 18.1. The number of rotatable bonds is 10. The highest BCUT2D eigenvalue weighted by atomic mass is 32.1. The van der Waals surface area contributed by atoms with Crippen molar-refractivity contribution < 1.29 is 24.5 Å². The van der Waals surface area contributed by atoms with E-state index in [1.165, 1.54) is 16.5 Å². The number of aromatic nitrogens is 4. The molecule has 0 bridgehead atoms. The molecule has 2 amide bonds. The molecule has 7 heterocycles. The Balaban J connectivity index is 0.756. The topological polar surface area (TPSA) is 181 Å². The quantitative estimate of drug-likeness (QED) is 0.183. The van der Waals surface area contributed by atoms with Crippen LogP contribution in [0.15, 0.2) is 48.8 Å². The zero-order chi connectivity index (χ0) is 42.9. The van der Waals surface area contributed by atoms with Crippen LogP contribution in [0, 0.1) is 0 Å². The molecule has 4 aliphatic heterocycles. The molecule has 3 aromatic heterocycles. The van der Waals surface area contributed by atoms with Gasteiger partial charge in [-0.15, -0.1) is 11.3 Å². The van der Waals surface area contributed by atoms with Crippen LogP contribution >= 0.6 is 11.3 Å². The van der Waals surface area contributed by atoms with Crippen LogP contribution in [0.3, 0.4) is 0 Å². The van der Waals surface area contributed by atoms with E-state index < -0.39 is 0 Å². The first kappa shape index (κ1) is 41.9. The number of hydrogen-bond acceptors (Lipinski definition) is 15. The number of phenols is 2. The molecule has 0 spiro atoms. The SMILES string of the molecule is CC(C)c1cc(C(=O)N2Cc3ccc(CN4CCCN(C(=O)CN5CCN(Cc6cc7nc(-c8cnc(N)nc8)nc(N8CCOCC8)c7s6)CC5)CC4)cc3C2)c(O)cc1O. The van der Waals surface area contributed by atoms with Crippen molar-refractivity contribution in [2.45, 2.75) is 52.4 Å². The van der Waals surface area contributed by atoms with Crippen molar-refractivity contribution in [3.63, 3.8) is 0 Å². The molecule has 326 valence electrons. The fraction of sp³-hybridized carbons (Fsp3) is 0.467. The molecule has 17 heteroatoms. The Morgan fingerprint density at radius 2 is 1.52 bits per heavy atom. The molecule has 0 atom stereocenters. The Bertz CT molecular complexity index is 2430. The predicted octanol–water partition coefficient (Wildman–Crippen LogP) is 4.11. The standard InChI is InChI=1S/C45H55N11O5S/c1-29(2)35-20-36(39(58)21-38(35)57)44(60)56-25-31-5-4-30(18-32(31)26-56)24-51-6-3-7-54(13-12-51)40(59)28-53-10-8-52(9-11-53)27-34-19-37-41(62-34)43(55-14-16-61-17-15-55)50-42(49-37)33-22-47-45(46)48-23-33/h4-5,18-23,29,57-58H,3,6-17,24-28H2,1-2H3,(H2,46,47,48). The number of phenolic OH excluding ortho intramolecular Hbond substituents is 2. The van der Waals surface area contributed by atoms with E-state index in [4.69, 9.17) is 20.4 Å². The van der Waals surface area contributed by atoms with E-state index >= 15 is 0 Å². The zero-order valence-electron chi connectivity index (χ0n) is 35.5. The zero-order valence-corrected chi connectivity index (χ0v) is 36.3. The number of morpholine rings is 1. The van der Waals surface area contributed by atoms with Gasteiger partial charge in [0.1, 0.15) is 11.5 Å². The molecule has 0 aliphatic carbocycles. The van der Waals surface area contributed by atoms with Crippen LogP contribution in [0.2, 0.25) is 0 Å². The number of carbonyl (C=O) groups is 2. The summed E-state index contributed by atoms with van der Waals surface area (Å²) in [4.78, 5) is 59.9. The van der Waals surface area contributed by atoms with Crippen molar-refractivity contribution >= 4 is 45.1 Å². The average molecular weight is 862 g/mol. The molecular formula is C45H55N11O5S. The van der Waals surface area contributed by atoms with Gasteiger partial charge in [-0.1, -0.05) is 32.0 Å². The van der Waals surface area contributed by atoms with Gasteiger partial charge in [-0.05, 0) is 46.7 Å². The number of piperazine rings is 1. The molecule has 0 saturated carbocycles. The van der Waals surface area contributed by atoms with E-state index in [1.807, 2.05) is 18.7 Å². The minimum Gasteiger partial charge on any atom is -0.508 e. The van der Waals surface area contributed by atoms with Crippen LogP contribution in [0.25, 0.3) is 21.6 Å². The fourth-order valence-electron chi connectivity index (χ4n) is 8.96. The smallest absolute Gasteiger partial charge is 0.258 e. The predicted molar refractivity (Wildman–Crippen MR) is 238 cm³/mol. The lowest BCUT2D eigenvalue weighted by atomic mass is 9.98. The minimum atomic E-state index is -0.246. The number of aromatic hydroxyl groups is 2. The third-order valence-corrected chi connectivity index (χ3v) is 13.6. The van der Waals surface area contributed by atoms with Crippen LogP contribution in [0.1, 0.15) is 63.7 Å². The van der Waals surface area contributed by atoms with Crippen LogP contribution in [0.4, 0.5) is 11.8 Å². The molecule has 0 unspecified atom stereocenters. The molecule has 2 aromatic carbocycles. The van der Waals surface area contributed by atoms with Crippen LogP contribution < -0.4 is 10.6 Å². The number of nitrogens with two attached hydrogens (primary N) is 1. The van der Waals surface area contributed by atoms with Crippen molar-refractivity contribution in [2.24, 2.45) is 0 Å². The van der Waals surface area contributed by atoms with Gasteiger partial charge in [-0.25, -0.2) is 19.9 Å². The minimum absolute atomic E-state index is 0.00261. The molecule has 0 radical (unpaired) electrons. The number of benzene rings is 2. The maximum Gasteiger partial charge on any atom is 0.258 e. The molecule has 9 rings (SSSR count). The number of hydrogen-bond donors (Lipinski definition) is 3. The van der Waals surface area contributed by atoms with E-state index in [2.05, 4.69) is 53.8 Å². The molecule has 4 aliphatic rings. The van der Waals surface area contributed by atoms with E-state index in [0.717, 1.165) is 111 Å². The van der Waals surface area contributed by atoms with Gasteiger partial charge in [-0.2, -0.15) is 0 Å². The van der Waals surface area contributed by atoms with Gasteiger partial charge in [0.15, 0.2) is 11.6 Å². The summed E-state index contributed by atoms with van der Waals surface area (Å²) < 4.78 is 6.71. The molecule has 4 N–H and O–H groups in total. The fourth-order valence-corrected chi connectivity index (χ4v) is 10.1. The number of ether oxygens (including phenoxy) is 1. The average Bonchev–Trinajstić information content (AvgIpc) is 3.81. The first-order valence-electron chi connectivity index (χ1n) is 21.7. The van der Waals surface area contributed by atoms with Crippen molar-refractivity contribution in [1.82, 2.24) is 44.4 Å². The number of thiophene rings is 1. The highest BCUT2D eigenvalue weighted by Gasteiger charge is 2.29. The van der Waals surface area contributed by atoms with Crippen molar-refractivity contribution in [2.75, 3.05) is 95.8 Å². The first-order valence-corrected chi connectivity index (χ1v) is 22.5. The summed E-state index contributed by atoms with van der Waals surface area (Å²) in [6, 6.07) is 11.5. The highest BCUT2D eigenvalue weighted by Crippen LogP contribution is 2.36. The molecular weight excluding hydrogens is 807 g/mol. The lowest BCUT2D eigenvalue weighted by molar-refractivity contribution is -0.132. The molecule has 62 heavy (non-hydrogen) atoms. The second-order valence-electron chi connectivity index (χ2n) is 17.1. The maximum atomic E-state index is 13.6. The summed E-state index contributed by atoms with van der Waals surface area (Å²) >= 11 is 1.75. The van der Waals surface area contributed by atoms with Gasteiger partial charge in [0, 0.05) is 115 Å². The van der Waals surface area contributed by atoms with Crippen LogP contribution in [-0.4, -0.2) is 152 Å². The van der Waals surface area contributed by atoms with Gasteiger partial charge in [0.05, 0.1) is 41.1 Å². The summed E-state index contributed by atoms with van der Waals surface area (Å²) in [6.07, 6.45) is 4.25. The maximum absolute atomic E-state index is 13.6. The number of nitrogens with zero attached hydrogens (tertiary/aromatic N) is 10. The van der Waals surface area contributed by atoms with Crippen molar-refractivity contribution in [1.29, 1.82) is 0 Å². The number of nitrogen functional groups attached to an aromatic ring is 1. The Hall–Kier alpha value is -5.46. The summed E-state index contributed by atoms with van der Waals surface area (Å²) in [6.45, 7) is 16.4. The summed E-state index contributed by atoms with van der Waals surface area (Å²) in [5.74, 6) is 1.47. The van der Waals surface area contributed by atoms with E-state index in [1.54, 1.807) is 34.7 Å². The Morgan fingerprint density at radius 1 is 0.790 bits per heavy atom. The van der Waals surface area contributed by atoms with Crippen LogP contribution in [0.5, 0.6) is 11.5 Å². The van der Waals surface area contributed by atoms with E-state index in [-0.39, 0.29) is 40.7 Å². The largest absolute Gasteiger partial charge is 0.508 e. The number of anilines is 2. The molecule has 16 nitrogen and oxygen atoms in total. The van der Waals surface area contributed by atoms with Crippen molar-refractivity contribution in [3.05, 3.63) is 81.5 Å². The van der Waals surface area contributed by atoms with Crippen LogP contribution in [-0.2, 0) is 35.7 Å². The number of amides is 2. The monoisotopic (exact) mass is 861 g/mol. The van der Waals surface area contributed by atoms with Gasteiger partial charge in [-0.3, -0.25) is 24.3 Å². The Kier molecular flexibility index (Phi) is 12.2. The third kappa shape index (κ3) is 9.17. The first-order chi connectivity index (χ1) is 30.0.